The van der Waals surface area contributed by atoms with Gasteiger partial charge in [0.25, 0.3) is 5.91 Å². The molecule has 0 atom stereocenters. The van der Waals surface area contributed by atoms with Crippen molar-refractivity contribution in [2.45, 2.75) is 20.0 Å². The lowest BCUT2D eigenvalue weighted by molar-refractivity contribution is 0.0465. The average molecular weight is 435 g/mol. The number of ether oxygens (including phenoxy) is 1. The Bertz CT molecular complexity index is 920. The minimum absolute atomic E-state index is 0.0500. The summed E-state index contributed by atoms with van der Waals surface area (Å²) in [6.07, 6.45) is 2.57. The predicted octanol–water partition coefficient (Wildman–Crippen LogP) is 3.80. The Morgan fingerprint density at radius 2 is 2.04 bits per heavy atom. The molecule has 0 saturated heterocycles. The summed E-state index contributed by atoms with van der Waals surface area (Å²) in [7, 11) is 0. The van der Waals surface area contributed by atoms with Crippen molar-refractivity contribution < 1.29 is 14.3 Å². The molecule has 134 valence electrons. The minimum atomic E-state index is -0.507. The zero-order valence-electron chi connectivity index (χ0n) is 13.8. The summed E-state index contributed by atoms with van der Waals surface area (Å²) >= 11 is 4.33. The Morgan fingerprint density at radius 1 is 1.27 bits per heavy atom. The van der Waals surface area contributed by atoms with Crippen LogP contribution in [0.2, 0.25) is 0 Å². The predicted molar refractivity (Wildman–Crippen MR) is 101 cm³/mol. The molecule has 0 saturated carbocycles. The van der Waals surface area contributed by atoms with E-state index in [2.05, 4.69) is 43.4 Å². The molecule has 3 rings (SSSR count). The van der Waals surface area contributed by atoms with Crippen LogP contribution in [-0.4, -0.2) is 27.1 Å². The molecule has 2 aromatic heterocycles. The second-order valence-corrected chi connectivity index (χ2v) is 7.29. The number of hydrogen-bond donors (Lipinski definition) is 2. The molecule has 0 spiro atoms. The molecule has 0 aliphatic carbocycles. The lowest BCUT2D eigenvalue weighted by Crippen LogP contribution is -2.11. The number of aromatic nitrogens is 3. The number of amides is 1. The maximum atomic E-state index is 12.2. The second-order valence-electron chi connectivity index (χ2n) is 5.31. The van der Waals surface area contributed by atoms with Crippen molar-refractivity contribution in [3.05, 3.63) is 62.3 Å². The molecule has 3 aromatic rings. The van der Waals surface area contributed by atoms with Crippen molar-refractivity contribution >= 4 is 44.8 Å². The fraction of sp³-hybridized carbons (Fsp3) is 0.176. The highest BCUT2D eigenvalue weighted by Gasteiger charge is 2.15. The first-order valence-electron chi connectivity index (χ1n) is 7.79. The molecule has 2 N–H and O–H groups in total. The smallest absolute Gasteiger partial charge is 0.355 e. The number of aromatic amines is 1. The number of nitrogens with one attached hydrogen (secondary N) is 2. The standard InChI is InChI=1S/C17H15BrN4O3S/c1-2-10-3-5-12(6-4-10)20-15(23)16-22-21-14(26-16)9-25-17(24)13-7-11(18)8-19-13/h3-8,19H,2,9H2,1H3,(H,20,23). The fourth-order valence-electron chi connectivity index (χ4n) is 2.10. The third-order valence-corrected chi connectivity index (χ3v) is 4.83. The number of H-pyrrole nitrogens is 1. The molecule has 0 aliphatic rings. The molecule has 0 unspecified atom stereocenters. The number of rotatable bonds is 6. The molecule has 26 heavy (non-hydrogen) atoms. The molecular formula is C17H15BrN4O3S. The third kappa shape index (κ3) is 4.55. The maximum absolute atomic E-state index is 12.2. The van der Waals surface area contributed by atoms with Gasteiger partial charge in [-0.25, -0.2) is 4.79 Å². The van der Waals surface area contributed by atoms with Crippen LogP contribution in [0.4, 0.5) is 5.69 Å². The maximum Gasteiger partial charge on any atom is 0.355 e. The largest absolute Gasteiger partial charge is 0.454 e. The Balaban J connectivity index is 1.56. The van der Waals surface area contributed by atoms with Gasteiger partial charge in [-0.3, -0.25) is 4.79 Å². The highest BCUT2D eigenvalue weighted by atomic mass is 79.9. The highest BCUT2D eigenvalue weighted by molar-refractivity contribution is 9.10. The van der Waals surface area contributed by atoms with Gasteiger partial charge in [0.1, 0.15) is 12.3 Å². The molecular weight excluding hydrogens is 420 g/mol. The Labute approximate surface area is 161 Å². The molecule has 1 amide bonds. The van der Waals surface area contributed by atoms with Gasteiger partial charge in [-0.1, -0.05) is 30.4 Å². The summed E-state index contributed by atoms with van der Waals surface area (Å²) in [4.78, 5) is 26.9. The minimum Gasteiger partial charge on any atom is -0.454 e. The number of carbonyl (C=O) groups is 2. The zero-order chi connectivity index (χ0) is 18.5. The topological polar surface area (TPSA) is 97.0 Å². The summed E-state index contributed by atoms with van der Waals surface area (Å²) in [6, 6.07) is 9.22. The molecule has 0 fully saturated rings. The lowest BCUT2D eigenvalue weighted by Gasteiger charge is -2.03. The van der Waals surface area contributed by atoms with Gasteiger partial charge in [-0.2, -0.15) is 0 Å². The van der Waals surface area contributed by atoms with Crippen molar-refractivity contribution in [1.29, 1.82) is 0 Å². The number of nitrogens with zero attached hydrogens (tertiary/aromatic N) is 2. The Hall–Kier alpha value is -2.52. The first-order valence-corrected chi connectivity index (χ1v) is 9.40. The lowest BCUT2D eigenvalue weighted by atomic mass is 10.1. The van der Waals surface area contributed by atoms with Gasteiger partial charge in [0.05, 0.1) is 0 Å². The molecule has 1 aromatic carbocycles. The first kappa shape index (κ1) is 18.3. The summed E-state index contributed by atoms with van der Waals surface area (Å²) in [6.45, 7) is 2.02. The van der Waals surface area contributed by atoms with Gasteiger partial charge < -0.3 is 15.0 Å². The van der Waals surface area contributed by atoms with E-state index >= 15 is 0 Å². The van der Waals surface area contributed by atoms with Crippen molar-refractivity contribution in [2.24, 2.45) is 0 Å². The quantitative estimate of drug-likeness (QED) is 0.574. The summed E-state index contributed by atoms with van der Waals surface area (Å²) in [5.74, 6) is -0.856. The number of halogens is 1. The van der Waals surface area contributed by atoms with Crippen molar-refractivity contribution in [3.63, 3.8) is 0 Å². The van der Waals surface area contributed by atoms with E-state index in [0.717, 1.165) is 22.2 Å². The number of anilines is 1. The number of aryl methyl sites for hydroxylation is 1. The van der Waals surface area contributed by atoms with E-state index in [-0.39, 0.29) is 17.5 Å². The van der Waals surface area contributed by atoms with Crippen LogP contribution in [0.5, 0.6) is 0 Å². The second kappa shape index (κ2) is 8.24. The molecule has 7 nitrogen and oxygen atoms in total. The zero-order valence-corrected chi connectivity index (χ0v) is 16.2. The normalized spacial score (nSPS) is 10.5. The number of benzene rings is 1. The molecule has 0 radical (unpaired) electrons. The van der Waals surface area contributed by atoms with Gasteiger partial charge in [-0.05, 0) is 46.1 Å². The van der Waals surface area contributed by atoms with E-state index in [1.807, 2.05) is 24.3 Å². The average Bonchev–Trinajstić information content (AvgIpc) is 3.29. The van der Waals surface area contributed by atoms with E-state index in [1.54, 1.807) is 12.3 Å². The highest BCUT2D eigenvalue weighted by Crippen LogP contribution is 2.16. The van der Waals surface area contributed by atoms with E-state index in [1.165, 1.54) is 5.56 Å². The van der Waals surface area contributed by atoms with Crippen molar-refractivity contribution in [2.75, 3.05) is 5.32 Å². The van der Waals surface area contributed by atoms with Crippen LogP contribution >= 0.6 is 27.3 Å². The van der Waals surface area contributed by atoms with Crippen LogP contribution in [0, 0.1) is 0 Å². The Morgan fingerprint density at radius 3 is 2.69 bits per heavy atom. The van der Waals surface area contributed by atoms with Crippen LogP contribution in [0.1, 0.15) is 37.8 Å². The van der Waals surface area contributed by atoms with Gasteiger partial charge >= 0.3 is 5.97 Å². The van der Waals surface area contributed by atoms with Crippen molar-refractivity contribution in [3.8, 4) is 0 Å². The van der Waals surface area contributed by atoms with E-state index in [9.17, 15) is 9.59 Å². The van der Waals surface area contributed by atoms with Crippen LogP contribution in [0.3, 0.4) is 0 Å². The van der Waals surface area contributed by atoms with E-state index < -0.39 is 5.97 Å². The Kier molecular flexibility index (Phi) is 5.79. The third-order valence-electron chi connectivity index (χ3n) is 3.48. The SMILES string of the molecule is CCc1ccc(NC(=O)c2nnc(COC(=O)c3cc(Br)c[nH]3)s2)cc1. The monoisotopic (exact) mass is 434 g/mol. The van der Waals surface area contributed by atoms with Crippen LogP contribution in [0.25, 0.3) is 0 Å². The van der Waals surface area contributed by atoms with Gasteiger partial charge in [0.2, 0.25) is 5.01 Å². The van der Waals surface area contributed by atoms with E-state index in [0.29, 0.717) is 16.4 Å². The van der Waals surface area contributed by atoms with Crippen molar-refractivity contribution in [1.82, 2.24) is 15.2 Å². The molecule has 2 heterocycles. The summed E-state index contributed by atoms with van der Waals surface area (Å²) < 4.78 is 5.91. The number of esters is 1. The van der Waals surface area contributed by atoms with Gasteiger partial charge in [0.15, 0.2) is 5.01 Å². The van der Waals surface area contributed by atoms with Crippen LogP contribution in [-0.2, 0) is 17.8 Å². The summed E-state index contributed by atoms with van der Waals surface area (Å²) in [5.41, 5.74) is 2.21. The number of hydrogen-bond acceptors (Lipinski definition) is 6. The molecule has 0 aliphatic heterocycles. The van der Waals surface area contributed by atoms with Crippen LogP contribution in [0.15, 0.2) is 41.0 Å². The van der Waals surface area contributed by atoms with Gasteiger partial charge in [0, 0.05) is 16.4 Å². The first-order chi connectivity index (χ1) is 12.5. The molecule has 9 heteroatoms. The van der Waals surface area contributed by atoms with Gasteiger partial charge in [-0.15, -0.1) is 10.2 Å². The molecule has 0 bridgehead atoms. The fourth-order valence-corrected chi connectivity index (χ4v) is 3.09. The summed E-state index contributed by atoms with van der Waals surface area (Å²) in [5, 5.41) is 11.2. The van der Waals surface area contributed by atoms with Crippen LogP contribution < -0.4 is 5.32 Å². The number of carbonyl (C=O) groups excluding carboxylic acids is 2. The van der Waals surface area contributed by atoms with E-state index in [4.69, 9.17) is 4.74 Å².